The minimum absolute atomic E-state index is 0.218. The number of aromatic nitrogens is 2. The molecule has 0 aliphatic carbocycles. The van der Waals surface area contributed by atoms with Crippen LogP contribution in [0.2, 0.25) is 0 Å². The Bertz CT molecular complexity index is 577. The number of nitrogens with zero attached hydrogens (tertiary/aromatic N) is 2. The summed E-state index contributed by atoms with van der Waals surface area (Å²) in [6.45, 7) is 4.15. The van der Waals surface area contributed by atoms with Crippen molar-refractivity contribution in [1.29, 1.82) is 0 Å². The summed E-state index contributed by atoms with van der Waals surface area (Å²) in [5.74, 6) is 0.875. The lowest BCUT2D eigenvalue weighted by molar-refractivity contribution is -0.122. The van der Waals surface area contributed by atoms with Crippen LogP contribution in [0, 0.1) is 13.8 Å². The standard InChI is InChI=1S/C14H18N4O2/c1-9-3-5-11(6-4-9)13(15)14(19)16-8-7-12-17-10(2)18-20-12/h3-6,13H,7-8,15H2,1-2H3,(H,16,19). The van der Waals surface area contributed by atoms with E-state index in [1.807, 2.05) is 31.2 Å². The highest BCUT2D eigenvalue weighted by Crippen LogP contribution is 2.11. The van der Waals surface area contributed by atoms with Gasteiger partial charge in [-0.25, -0.2) is 0 Å². The second kappa shape index (κ2) is 6.29. The van der Waals surface area contributed by atoms with Crippen molar-refractivity contribution in [3.8, 4) is 0 Å². The number of carbonyl (C=O) groups excluding carboxylic acids is 1. The second-order valence-corrected chi connectivity index (χ2v) is 4.66. The van der Waals surface area contributed by atoms with Crippen molar-refractivity contribution in [1.82, 2.24) is 15.5 Å². The fraction of sp³-hybridized carbons (Fsp3) is 0.357. The molecule has 0 saturated carbocycles. The molecular formula is C14H18N4O2. The largest absolute Gasteiger partial charge is 0.354 e. The number of carbonyl (C=O) groups is 1. The molecule has 6 heteroatoms. The third-order valence-electron chi connectivity index (χ3n) is 2.93. The van der Waals surface area contributed by atoms with Crippen molar-refractivity contribution in [3.05, 3.63) is 47.1 Å². The summed E-state index contributed by atoms with van der Waals surface area (Å²) in [6.07, 6.45) is 0.493. The van der Waals surface area contributed by atoms with E-state index in [0.29, 0.717) is 24.7 Å². The predicted octanol–water partition coefficient (Wildman–Crippen LogP) is 1.05. The number of rotatable bonds is 5. The summed E-state index contributed by atoms with van der Waals surface area (Å²) in [5, 5.41) is 6.44. The van der Waals surface area contributed by atoms with Gasteiger partial charge in [0.15, 0.2) is 5.82 Å². The molecule has 1 aromatic carbocycles. The van der Waals surface area contributed by atoms with Gasteiger partial charge in [-0.2, -0.15) is 4.98 Å². The van der Waals surface area contributed by atoms with Crippen LogP contribution in [0.25, 0.3) is 0 Å². The van der Waals surface area contributed by atoms with Gasteiger partial charge in [0.25, 0.3) is 0 Å². The van der Waals surface area contributed by atoms with E-state index >= 15 is 0 Å². The van der Waals surface area contributed by atoms with E-state index in [-0.39, 0.29) is 5.91 Å². The molecule has 1 heterocycles. The Morgan fingerprint density at radius 3 is 2.65 bits per heavy atom. The molecule has 0 spiro atoms. The van der Waals surface area contributed by atoms with Gasteiger partial charge in [0.1, 0.15) is 6.04 Å². The SMILES string of the molecule is Cc1ccc(C(N)C(=O)NCCc2nc(C)no2)cc1. The molecule has 6 nitrogen and oxygen atoms in total. The average molecular weight is 274 g/mol. The van der Waals surface area contributed by atoms with Crippen LogP contribution in [-0.2, 0) is 11.2 Å². The van der Waals surface area contributed by atoms with Crippen LogP contribution in [0.4, 0.5) is 0 Å². The maximum atomic E-state index is 11.9. The highest BCUT2D eigenvalue weighted by Gasteiger charge is 2.15. The normalized spacial score (nSPS) is 12.2. The summed E-state index contributed by atoms with van der Waals surface area (Å²) in [4.78, 5) is 16.0. The molecule has 1 aromatic heterocycles. The molecule has 2 aromatic rings. The minimum atomic E-state index is -0.667. The van der Waals surface area contributed by atoms with Gasteiger partial charge >= 0.3 is 0 Å². The monoisotopic (exact) mass is 274 g/mol. The first-order chi connectivity index (χ1) is 9.56. The van der Waals surface area contributed by atoms with Gasteiger partial charge in [-0.15, -0.1) is 0 Å². The molecule has 0 saturated heterocycles. The molecular weight excluding hydrogens is 256 g/mol. The predicted molar refractivity (Wildman–Crippen MR) is 73.9 cm³/mol. The van der Waals surface area contributed by atoms with Gasteiger partial charge in [0, 0.05) is 13.0 Å². The second-order valence-electron chi connectivity index (χ2n) is 4.66. The molecule has 2 rings (SSSR count). The van der Waals surface area contributed by atoms with Crippen molar-refractivity contribution in [2.75, 3.05) is 6.54 Å². The summed E-state index contributed by atoms with van der Waals surface area (Å²) in [6, 6.07) is 6.93. The summed E-state index contributed by atoms with van der Waals surface area (Å²) >= 11 is 0. The van der Waals surface area contributed by atoms with E-state index in [2.05, 4.69) is 15.5 Å². The lowest BCUT2D eigenvalue weighted by Gasteiger charge is -2.12. The molecule has 0 bridgehead atoms. The third-order valence-corrected chi connectivity index (χ3v) is 2.93. The molecule has 0 radical (unpaired) electrons. The number of hydrogen-bond donors (Lipinski definition) is 2. The summed E-state index contributed by atoms with van der Waals surface area (Å²) < 4.78 is 4.96. The van der Waals surface area contributed by atoms with E-state index in [4.69, 9.17) is 10.3 Å². The van der Waals surface area contributed by atoms with Gasteiger partial charge in [-0.1, -0.05) is 35.0 Å². The van der Waals surface area contributed by atoms with Crippen molar-refractivity contribution in [2.24, 2.45) is 5.73 Å². The molecule has 3 N–H and O–H groups in total. The van der Waals surface area contributed by atoms with Crippen LogP contribution in [0.15, 0.2) is 28.8 Å². The van der Waals surface area contributed by atoms with Crippen molar-refractivity contribution in [2.45, 2.75) is 26.3 Å². The van der Waals surface area contributed by atoms with E-state index in [9.17, 15) is 4.79 Å². The average Bonchev–Trinajstić information content (AvgIpc) is 2.84. The van der Waals surface area contributed by atoms with Crippen molar-refractivity contribution < 1.29 is 9.32 Å². The first-order valence-electron chi connectivity index (χ1n) is 6.45. The van der Waals surface area contributed by atoms with E-state index in [1.54, 1.807) is 6.92 Å². The molecule has 20 heavy (non-hydrogen) atoms. The van der Waals surface area contributed by atoms with Crippen LogP contribution in [0.5, 0.6) is 0 Å². The highest BCUT2D eigenvalue weighted by molar-refractivity contribution is 5.82. The van der Waals surface area contributed by atoms with Gasteiger partial charge in [0.05, 0.1) is 0 Å². The Morgan fingerprint density at radius 2 is 2.05 bits per heavy atom. The van der Waals surface area contributed by atoms with E-state index in [0.717, 1.165) is 11.1 Å². The summed E-state index contributed by atoms with van der Waals surface area (Å²) in [7, 11) is 0. The van der Waals surface area contributed by atoms with E-state index < -0.39 is 6.04 Å². The topological polar surface area (TPSA) is 94.0 Å². The van der Waals surface area contributed by atoms with Gasteiger partial charge in [0.2, 0.25) is 11.8 Å². The number of amides is 1. The van der Waals surface area contributed by atoms with Crippen molar-refractivity contribution >= 4 is 5.91 Å². The fourth-order valence-corrected chi connectivity index (χ4v) is 1.77. The molecule has 106 valence electrons. The third kappa shape index (κ3) is 3.64. The molecule has 0 aliphatic rings. The van der Waals surface area contributed by atoms with Crippen LogP contribution in [0.3, 0.4) is 0 Å². The number of benzene rings is 1. The highest BCUT2D eigenvalue weighted by atomic mass is 16.5. The number of nitrogens with one attached hydrogen (secondary N) is 1. The molecule has 0 aliphatic heterocycles. The Hall–Kier alpha value is -2.21. The van der Waals surface area contributed by atoms with Crippen molar-refractivity contribution in [3.63, 3.8) is 0 Å². The maximum Gasteiger partial charge on any atom is 0.241 e. The zero-order chi connectivity index (χ0) is 14.5. The smallest absolute Gasteiger partial charge is 0.241 e. The minimum Gasteiger partial charge on any atom is -0.354 e. The lowest BCUT2D eigenvalue weighted by atomic mass is 10.1. The number of aryl methyl sites for hydroxylation is 2. The van der Waals surface area contributed by atoms with Crippen LogP contribution in [0.1, 0.15) is 28.9 Å². The quantitative estimate of drug-likeness (QED) is 0.849. The first-order valence-corrected chi connectivity index (χ1v) is 6.45. The van der Waals surface area contributed by atoms with Gasteiger partial charge in [-0.3, -0.25) is 4.79 Å². The van der Waals surface area contributed by atoms with Gasteiger partial charge < -0.3 is 15.6 Å². The Labute approximate surface area is 117 Å². The zero-order valence-corrected chi connectivity index (χ0v) is 11.6. The van der Waals surface area contributed by atoms with Gasteiger partial charge in [-0.05, 0) is 19.4 Å². The number of nitrogens with two attached hydrogens (primary N) is 1. The summed E-state index contributed by atoms with van der Waals surface area (Å²) in [5.41, 5.74) is 7.83. The molecule has 0 fully saturated rings. The fourth-order valence-electron chi connectivity index (χ4n) is 1.77. The van der Waals surface area contributed by atoms with Crippen LogP contribution >= 0.6 is 0 Å². The first kappa shape index (κ1) is 14.2. The van der Waals surface area contributed by atoms with Crippen LogP contribution in [-0.4, -0.2) is 22.6 Å². The maximum absolute atomic E-state index is 11.9. The van der Waals surface area contributed by atoms with Crippen LogP contribution < -0.4 is 11.1 Å². The lowest BCUT2D eigenvalue weighted by Crippen LogP contribution is -2.35. The molecule has 1 unspecified atom stereocenters. The van der Waals surface area contributed by atoms with E-state index in [1.165, 1.54) is 0 Å². The Kier molecular flexibility index (Phi) is 4.47. The number of hydrogen-bond acceptors (Lipinski definition) is 5. The Morgan fingerprint density at radius 1 is 1.35 bits per heavy atom. The molecule has 1 amide bonds. The Balaban J connectivity index is 1.83. The molecule has 1 atom stereocenters. The zero-order valence-electron chi connectivity index (χ0n) is 11.6.